The number of nitrogens with two attached hydrogens (primary N) is 1. The molecule has 35 heavy (non-hydrogen) atoms. The van der Waals surface area contributed by atoms with Gasteiger partial charge in [0.2, 0.25) is 0 Å². The first-order valence-corrected chi connectivity index (χ1v) is 10.8. The molecule has 9 heteroatoms. The lowest BCUT2D eigenvalue weighted by atomic mass is 10.0. The van der Waals surface area contributed by atoms with Crippen molar-refractivity contribution in [3.8, 4) is 34.2 Å². The molecule has 0 amide bonds. The largest absolute Gasteiger partial charge is 0.497 e. The number of rotatable bonds is 5. The van der Waals surface area contributed by atoms with E-state index in [4.69, 9.17) is 15.6 Å². The molecule has 5 aromatic rings. The zero-order valence-corrected chi connectivity index (χ0v) is 19.0. The zero-order chi connectivity index (χ0) is 24.5. The van der Waals surface area contributed by atoms with Crippen molar-refractivity contribution >= 4 is 16.9 Å². The van der Waals surface area contributed by atoms with Crippen LogP contribution >= 0.6 is 0 Å². The van der Waals surface area contributed by atoms with Gasteiger partial charge in [-0.1, -0.05) is 18.2 Å². The van der Waals surface area contributed by atoms with E-state index in [1.807, 2.05) is 13.0 Å². The molecule has 0 aliphatic heterocycles. The number of ether oxygens (including phenoxy) is 1. The van der Waals surface area contributed by atoms with Crippen LogP contribution in [0.15, 0.2) is 67.3 Å². The second-order valence-corrected chi connectivity index (χ2v) is 7.98. The van der Waals surface area contributed by atoms with E-state index in [9.17, 15) is 9.65 Å². The van der Waals surface area contributed by atoms with Gasteiger partial charge in [0.05, 0.1) is 30.2 Å². The SMILES string of the molecule is COc1cc(C#N)cc(-c2nn(C(C)c3cncc(-c4ccccc4F)c3)c3ncnc(N)c23)c1. The van der Waals surface area contributed by atoms with E-state index in [0.29, 0.717) is 44.7 Å². The van der Waals surface area contributed by atoms with Gasteiger partial charge >= 0.3 is 0 Å². The topological polar surface area (TPSA) is 116 Å². The highest BCUT2D eigenvalue weighted by molar-refractivity contribution is 5.98. The summed E-state index contributed by atoms with van der Waals surface area (Å²) in [6, 6.07) is 15.4. The molecule has 2 aromatic carbocycles. The average Bonchev–Trinajstić information content (AvgIpc) is 3.29. The van der Waals surface area contributed by atoms with Crippen molar-refractivity contribution in [2.45, 2.75) is 13.0 Å². The molecule has 0 aliphatic rings. The minimum atomic E-state index is -0.322. The fourth-order valence-electron chi connectivity index (χ4n) is 4.06. The normalized spacial score (nSPS) is 11.8. The van der Waals surface area contributed by atoms with Crippen molar-refractivity contribution in [1.29, 1.82) is 5.26 Å². The molecule has 0 bridgehead atoms. The van der Waals surface area contributed by atoms with Crippen molar-refractivity contribution in [2.75, 3.05) is 12.8 Å². The molecule has 1 unspecified atom stereocenters. The maximum absolute atomic E-state index is 14.4. The van der Waals surface area contributed by atoms with Crippen LogP contribution in [0.1, 0.15) is 24.1 Å². The first kappa shape index (κ1) is 22.0. The lowest BCUT2D eigenvalue weighted by Gasteiger charge is -2.14. The third-order valence-corrected chi connectivity index (χ3v) is 5.86. The van der Waals surface area contributed by atoms with Crippen LogP contribution in [0.5, 0.6) is 5.75 Å². The van der Waals surface area contributed by atoms with Gasteiger partial charge in [-0.05, 0) is 42.8 Å². The van der Waals surface area contributed by atoms with Crippen LogP contribution in [0.3, 0.4) is 0 Å². The van der Waals surface area contributed by atoms with Crippen LogP contribution in [0.2, 0.25) is 0 Å². The molecule has 5 rings (SSSR count). The minimum absolute atomic E-state index is 0.267. The van der Waals surface area contributed by atoms with E-state index in [1.54, 1.807) is 53.5 Å². The highest BCUT2D eigenvalue weighted by Gasteiger charge is 2.22. The number of nitrogen functional groups attached to an aromatic ring is 1. The Hall–Kier alpha value is -4.84. The number of fused-ring (bicyclic) bond motifs is 1. The Morgan fingerprint density at radius 3 is 2.69 bits per heavy atom. The van der Waals surface area contributed by atoms with Crippen molar-refractivity contribution in [1.82, 2.24) is 24.7 Å². The first-order valence-electron chi connectivity index (χ1n) is 10.8. The second kappa shape index (κ2) is 8.83. The molecule has 2 N–H and O–H groups in total. The summed E-state index contributed by atoms with van der Waals surface area (Å²) >= 11 is 0. The fraction of sp³-hybridized carbons (Fsp3) is 0.115. The van der Waals surface area contributed by atoms with Gasteiger partial charge in [0.1, 0.15) is 29.4 Å². The standard InChI is InChI=1S/C26H20FN7O/c1-15(18-9-19(13-30-12-18)21-5-3-4-6-22(21)27)34-26-23(25(29)31-14-32-26)24(33-34)17-7-16(11-28)8-20(10-17)35-2/h3-10,12-15H,1-2H3,(H2,29,31,32). The number of benzene rings is 2. The van der Waals surface area contributed by atoms with Gasteiger partial charge in [-0.3, -0.25) is 4.98 Å². The number of nitriles is 1. The van der Waals surface area contributed by atoms with Gasteiger partial charge in [0, 0.05) is 29.1 Å². The van der Waals surface area contributed by atoms with Crippen LogP contribution in [0.25, 0.3) is 33.4 Å². The van der Waals surface area contributed by atoms with Gasteiger partial charge in [-0.2, -0.15) is 10.4 Å². The molecule has 3 heterocycles. The van der Waals surface area contributed by atoms with E-state index in [-0.39, 0.29) is 17.7 Å². The fourth-order valence-corrected chi connectivity index (χ4v) is 4.06. The summed E-state index contributed by atoms with van der Waals surface area (Å²) in [6.45, 7) is 1.95. The summed E-state index contributed by atoms with van der Waals surface area (Å²) in [7, 11) is 1.53. The van der Waals surface area contributed by atoms with Crippen LogP contribution in [-0.2, 0) is 0 Å². The van der Waals surface area contributed by atoms with Gasteiger partial charge in [0.25, 0.3) is 0 Å². The van der Waals surface area contributed by atoms with Crippen molar-refractivity contribution < 1.29 is 9.13 Å². The van der Waals surface area contributed by atoms with E-state index < -0.39 is 0 Å². The Kier molecular flexibility index (Phi) is 5.55. The summed E-state index contributed by atoms with van der Waals surface area (Å²) in [5.41, 5.74) is 10.3. The first-order chi connectivity index (χ1) is 17.0. The molecular weight excluding hydrogens is 445 g/mol. The molecule has 1 atom stereocenters. The monoisotopic (exact) mass is 465 g/mol. The van der Waals surface area contributed by atoms with Crippen LogP contribution in [0.4, 0.5) is 10.2 Å². The van der Waals surface area contributed by atoms with Crippen molar-refractivity contribution in [2.24, 2.45) is 0 Å². The summed E-state index contributed by atoms with van der Waals surface area (Å²) < 4.78 is 21.5. The second-order valence-electron chi connectivity index (χ2n) is 7.98. The summed E-state index contributed by atoms with van der Waals surface area (Å²) in [5.74, 6) is 0.466. The Morgan fingerprint density at radius 2 is 1.91 bits per heavy atom. The smallest absolute Gasteiger partial charge is 0.164 e. The molecule has 0 spiro atoms. The van der Waals surface area contributed by atoms with Gasteiger partial charge in [-0.15, -0.1) is 0 Å². The van der Waals surface area contributed by atoms with Gasteiger partial charge in [-0.25, -0.2) is 19.0 Å². The number of hydrogen-bond donors (Lipinski definition) is 1. The predicted molar refractivity (Wildman–Crippen MR) is 130 cm³/mol. The number of nitrogens with zero attached hydrogens (tertiary/aromatic N) is 6. The number of methoxy groups -OCH3 is 1. The van der Waals surface area contributed by atoms with Gasteiger partial charge < -0.3 is 10.5 Å². The average molecular weight is 465 g/mol. The molecule has 0 saturated heterocycles. The van der Waals surface area contributed by atoms with E-state index in [0.717, 1.165) is 5.56 Å². The highest BCUT2D eigenvalue weighted by atomic mass is 19.1. The molecule has 0 fully saturated rings. The van der Waals surface area contributed by atoms with Crippen molar-refractivity contribution in [3.05, 3.63) is 84.2 Å². The number of halogens is 1. The highest BCUT2D eigenvalue weighted by Crippen LogP contribution is 2.35. The quantitative estimate of drug-likeness (QED) is 0.398. The summed E-state index contributed by atoms with van der Waals surface area (Å²) in [6.07, 6.45) is 4.72. The summed E-state index contributed by atoms with van der Waals surface area (Å²) in [4.78, 5) is 12.9. The van der Waals surface area contributed by atoms with Crippen LogP contribution < -0.4 is 10.5 Å². The zero-order valence-electron chi connectivity index (χ0n) is 19.0. The number of anilines is 1. The van der Waals surface area contributed by atoms with Gasteiger partial charge in [0.15, 0.2) is 5.65 Å². The van der Waals surface area contributed by atoms with Crippen LogP contribution in [0, 0.1) is 17.1 Å². The third-order valence-electron chi connectivity index (χ3n) is 5.86. The van der Waals surface area contributed by atoms with Crippen molar-refractivity contribution in [3.63, 3.8) is 0 Å². The molecule has 0 aliphatic carbocycles. The lowest BCUT2D eigenvalue weighted by Crippen LogP contribution is -2.10. The van der Waals surface area contributed by atoms with E-state index in [1.165, 1.54) is 19.5 Å². The minimum Gasteiger partial charge on any atom is -0.497 e. The Balaban J connectivity index is 1.67. The Morgan fingerprint density at radius 1 is 1.09 bits per heavy atom. The van der Waals surface area contributed by atoms with E-state index >= 15 is 0 Å². The predicted octanol–water partition coefficient (Wildman–Crippen LogP) is 4.77. The third kappa shape index (κ3) is 3.91. The number of aromatic nitrogens is 5. The number of hydrogen-bond acceptors (Lipinski definition) is 7. The maximum atomic E-state index is 14.4. The molecule has 172 valence electrons. The maximum Gasteiger partial charge on any atom is 0.164 e. The Bertz CT molecular complexity index is 1610. The van der Waals surface area contributed by atoms with Crippen LogP contribution in [-0.4, -0.2) is 31.8 Å². The lowest BCUT2D eigenvalue weighted by molar-refractivity contribution is 0.415. The van der Waals surface area contributed by atoms with E-state index in [2.05, 4.69) is 21.0 Å². The molecule has 3 aromatic heterocycles. The number of pyridine rings is 1. The summed E-state index contributed by atoms with van der Waals surface area (Å²) in [5, 5.41) is 14.9. The Labute approximate surface area is 200 Å². The molecule has 0 saturated carbocycles. The molecule has 0 radical (unpaired) electrons. The molecule has 8 nitrogen and oxygen atoms in total. The molecular formula is C26H20FN7O.